The Balaban J connectivity index is 2.06. The van der Waals surface area contributed by atoms with Crippen molar-refractivity contribution in [2.75, 3.05) is 24.3 Å². The van der Waals surface area contributed by atoms with Gasteiger partial charge >= 0.3 is 22.9 Å². The first-order valence-corrected chi connectivity index (χ1v) is 10.5. The number of ether oxygens (including phenoxy) is 1. The summed E-state index contributed by atoms with van der Waals surface area (Å²) in [6.07, 6.45) is 0.941. The summed E-state index contributed by atoms with van der Waals surface area (Å²) in [5.41, 5.74) is 2.39. The minimum Gasteiger partial charge on any atom is -0.465 e. The molecule has 0 fully saturated rings. The van der Waals surface area contributed by atoms with Gasteiger partial charge in [-0.05, 0) is 12.5 Å². The number of likely N-dealkylation sites (N-methyl/N-ethyl adjacent to an activating group) is 1. The van der Waals surface area contributed by atoms with Crippen molar-refractivity contribution in [3.05, 3.63) is 95.0 Å². The van der Waals surface area contributed by atoms with Crippen molar-refractivity contribution in [1.82, 2.24) is 14.1 Å². The van der Waals surface area contributed by atoms with E-state index in [-0.39, 0.29) is 30.2 Å². The summed E-state index contributed by atoms with van der Waals surface area (Å²) in [5, 5.41) is 11.3. The van der Waals surface area contributed by atoms with E-state index >= 15 is 0 Å². The van der Waals surface area contributed by atoms with Crippen molar-refractivity contribution in [1.29, 1.82) is 0 Å². The zero-order valence-electron chi connectivity index (χ0n) is 19.3. The number of nitro groups is 1. The fraction of sp³-hybridized carbons (Fsp3) is 0.227. The van der Waals surface area contributed by atoms with Gasteiger partial charge in [0.25, 0.3) is 5.56 Å². The average molecular weight is 498 g/mol. The van der Waals surface area contributed by atoms with Gasteiger partial charge in [0.15, 0.2) is 5.69 Å². The number of carbonyl (C=O) groups is 2. The molecule has 36 heavy (non-hydrogen) atoms. The van der Waals surface area contributed by atoms with Gasteiger partial charge in [0.1, 0.15) is 12.4 Å². The van der Waals surface area contributed by atoms with Crippen molar-refractivity contribution in [3.8, 4) is 0 Å². The molecule has 0 aliphatic heterocycles. The maximum absolute atomic E-state index is 13.2. The molecule has 0 spiro atoms. The van der Waals surface area contributed by atoms with E-state index in [1.54, 1.807) is 30.3 Å². The third-order valence-corrected chi connectivity index (χ3v) is 5.28. The number of pyridine rings is 1. The van der Waals surface area contributed by atoms with E-state index in [9.17, 15) is 34.1 Å². The zero-order valence-corrected chi connectivity index (χ0v) is 19.3. The van der Waals surface area contributed by atoms with Gasteiger partial charge in [0.2, 0.25) is 5.91 Å². The number of nitrogens with two attached hydrogens (primary N) is 1. The van der Waals surface area contributed by atoms with Gasteiger partial charge in [-0.25, -0.2) is 9.59 Å². The number of benzene rings is 1. The fourth-order valence-corrected chi connectivity index (χ4v) is 3.55. The zero-order chi connectivity index (χ0) is 26.6. The van der Waals surface area contributed by atoms with Gasteiger partial charge in [0.05, 0.1) is 24.1 Å². The normalized spacial score (nSPS) is 10.6. The van der Waals surface area contributed by atoms with Crippen LogP contribution >= 0.6 is 0 Å². The minimum absolute atomic E-state index is 0.00780. The smallest absolute Gasteiger partial charge is 0.339 e. The summed E-state index contributed by atoms with van der Waals surface area (Å²) in [5.74, 6) is -2.09. The summed E-state index contributed by atoms with van der Waals surface area (Å²) in [4.78, 5) is 76.1. The first-order valence-electron chi connectivity index (χ1n) is 10.5. The van der Waals surface area contributed by atoms with Crippen LogP contribution in [0, 0.1) is 10.1 Å². The minimum atomic E-state index is -1.15. The summed E-state index contributed by atoms with van der Waals surface area (Å²) < 4.78 is 6.29. The van der Waals surface area contributed by atoms with Gasteiger partial charge in [-0.2, -0.15) is 0 Å². The Bertz CT molecular complexity index is 1510. The fourth-order valence-electron chi connectivity index (χ4n) is 3.55. The second-order valence-electron chi connectivity index (χ2n) is 7.50. The molecule has 3 N–H and O–H groups in total. The number of anilines is 2. The molecule has 0 saturated heterocycles. The molecule has 2 aromatic heterocycles. The number of hydrogen-bond acceptors (Lipinski definition) is 9. The highest BCUT2D eigenvalue weighted by molar-refractivity contribution is 5.95. The van der Waals surface area contributed by atoms with Gasteiger partial charge in [0, 0.05) is 18.8 Å². The summed E-state index contributed by atoms with van der Waals surface area (Å²) >= 11 is 0. The van der Waals surface area contributed by atoms with E-state index in [1.807, 2.05) is 0 Å². The number of carbonyl (C=O) groups excluding carboxylic acids is 2. The number of methoxy groups -OCH3 is 1. The van der Waals surface area contributed by atoms with Crippen molar-refractivity contribution in [2.24, 2.45) is 0 Å². The van der Waals surface area contributed by atoms with Gasteiger partial charge in [-0.1, -0.05) is 30.3 Å². The molecule has 3 aromatic rings. The topological polar surface area (TPSA) is 193 Å². The lowest BCUT2D eigenvalue weighted by Gasteiger charge is -2.23. The van der Waals surface area contributed by atoms with Crippen molar-refractivity contribution in [2.45, 2.75) is 20.0 Å². The number of esters is 1. The number of nitrogens with one attached hydrogen (secondary N) is 1. The SMILES string of the molecule is CCN(C(=O)Cn1cc(C(=O)OC)cc([N+](=O)[O-])c1=O)c1c(N)n(Cc2ccccc2)c(=O)[nH]c1=O. The number of nitrogen functional groups attached to an aromatic ring is 1. The third kappa shape index (κ3) is 5.06. The molecule has 14 nitrogen and oxygen atoms in total. The van der Waals surface area contributed by atoms with Crippen LogP contribution in [0.15, 0.2) is 57.0 Å². The second-order valence-corrected chi connectivity index (χ2v) is 7.50. The van der Waals surface area contributed by atoms with Crippen LogP contribution in [0.5, 0.6) is 0 Å². The molecular weight excluding hydrogens is 476 g/mol. The monoisotopic (exact) mass is 498 g/mol. The van der Waals surface area contributed by atoms with E-state index in [1.165, 1.54) is 6.92 Å². The quantitative estimate of drug-likeness (QED) is 0.246. The molecule has 0 saturated carbocycles. The highest BCUT2D eigenvalue weighted by Crippen LogP contribution is 2.18. The van der Waals surface area contributed by atoms with Crippen LogP contribution in [0.2, 0.25) is 0 Å². The Morgan fingerprint density at radius 3 is 2.44 bits per heavy atom. The van der Waals surface area contributed by atoms with Gasteiger partial charge < -0.3 is 15.4 Å². The van der Waals surface area contributed by atoms with E-state index in [2.05, 4.69) is 9.72 Å². The van der Waals surface area contributed by atoms with Crippen molar-refractivity contribution < 1.29 is 19.2 Å². The van der Waals surface area contributed by atoms with E-state index in [4.69, 9.17) is 5.73 Å². The molecule has 14 heteroatoms. The molecule has 0 radical (unpaired) electrons. The molecule has 1 aromatic carbocycles. The third-order valence-electron chi connectivity index (χ3n) is 5.28. The lowest BCUT2D eigenvalue weighted by Crippen LogP contribution is -2.43. The number of H-pyrrole nitrogens is 1. The Morgan fingerprint density at radius 2 is 1.86 bits per heavy atom. The highest BCUT2D eigenvalue weighted by Gasteiger charge is 2.26. The van der Waals surface area contributed by atoms with Crippen LogP contribution in [0.25, 0.3) is 0 Å². The maximum atomic E-state index is 13.2. The lowest BCUT2D eigenvalue weighted by molar-refractivity contribution is -0.386. The number of rotatable bonds is 8. The standard InChI is InChI=1S/C22H22N6O8/c1-3-26(16(29)12-25-11-14(21(32)36-2)9-15(20(25)31)28(34)35)17-18(23)27(22(33)24-19(17)30)10-13-7-5-4-6-8-13/h4-9,11H,3,10,12,23H2,1-2H3,(H,24,30,33). The molecule has 3 rings (SSSR count). The van der Waals surface area contributed by atoms with E-state index in [0.29, 0.717) is 10.1 Å². The number of aromatic amines is 1. The molecule has 0 bridgehead atoms. The predicted molar refractivity (Wildman–Crippen MR) is 128 cm³/mol. The lowest BCUT2D eigenvalue weighted by atomic mass is 10.2. The first kappa shape index (κ1) is 25.6. The predicted octanol–water partition coefficient (Wildman–Crippen LogP) is 0.0767. The summed E-state index contributed by atoms with van der Waals surface area (Å²) in [6, 6.07) is 9.52. The Kier molecular flexibility index (Phi) is 7.47. The number of amides is 1. The van der Waals surface area contributed by atoms with E-state index < -0.39 is 45.8 Å². The molecule has 1 amide bonds. The Hall–Kier alpha value is -5.01. The molecule has 0 aliphatic rings. The van der Waals surface area contributed by atoms with Crippen LogP contribution in [0.1, 0.15) is 22.8 Å². The van der Waals surface area contributed by atoms with Crippen molar-refractivity contribution >= 4 is 29.1 Å². The first-order chi connectivity index (χ1) is 17.1. The van der Waals surface area contributed by atoms with Crippen LogP contribution < -0.4 is 27.4 Å². The summed E-state index contributed by atoms with van der Waals surface area (Å²) in [6.45, 7) is 0.672. The highest BCUT2D eigenvalue weighted by atomic mass is 16.6. The van der Waals surface area contributed by atoms with Gasteiger partial charge in [-0.15, -0.1) is 0 Å². The van der Waals surface area contributed by atoms with Crippen molar-refractivity contribution in [3.63, 3.8) is 0 Å². The van der Waals surface area contributed by atoms with E-state index in [0.717, 1.165) is 28.8 Å². The van der Waals surface area contributed by atoms with Crippen LogP contribution in [0.3, 0.4) is 0 Å². The van der Waals surface area contributed by atoms with Crippen LogP contribution in [-0.2, 0) is 22.6 Å². The van der Waals surface area contributed by atoms with Gasteiger partial charge in [-0.3, -0.25) is 38.6 Å². The number of nitrogens with zero attached hydrogens (tertiary/aromatic N) is 4. The molecule has 0 unspecified atom stereocenters. The summed E-state index contributed by atoms with van der Waals surface area (Å²) in [7, 11) is 1.05. The van der Waals surface area contributed by atoms with Crippen LogP contribution in [-0.4, -0.2) is 44.6 Å². The number of hydrogen-bond donors (Lipinski definition) is 2. The molecule has 2 heterocycles. The molecule has 0 aliphatic carbocycles. The average Bonchev–Trinajstić information content (AvgIpc) is 2.85. The second kappa shape index (κ2) is 10.5. The molecular formula is C22H22N6O8. The van der Waals surface area contributed by atoms with Crippen LogP contribution in [0.4, 0.5) is 17.2 Å². The Labute approximate surface area is 202 Å². The molecule has 0 atom stereocenters. The molecule has 188 valence electrons. The maximum Gasteiger partial charge on any atom is 0.339 e. The largest absolute Gasteiger partial charge is 0.465 e. The Morgan fingerprint density at radius 1 is 1.19 bits per heavy atom. The number of aromatic nitrogens is 3.